The number of nitrogens with two attached hydrogens (primary N) is 2. The molecule has 1 aromatic carbocycles. The summed E-state index contributed by atoms with van der Waals surface area (Å²) in [6, 6.07) is 7.48. The van der Waals surface area contributed by atoms with Crippen molar-refractivity contribution in [1.82, 2.24) is 4.90 Å². The summed E-state index contributed by atoms with van der Waals surface area (Å²) in [6.07, 6.45) is 2.21. The molecule has 0 heterocycles. The van der Waals surface area contributed by atoms with Crippen molar-refractivity contribution in [2.75, 3.05) is 13.1 Å². The van der Waals surface area contributed by atoms with Gasteiger partial charge in [0.2, 0.25) is 5.91 Å². The number of rotatable bonds is 7. The second-order valence-corrected chi connectivity index (χ2v) is 4.62. The SMILES string of the molecule is C=CCN(Cc1ccccc1C)C(=O)[C@@H](N)CCN.Cl.Cl. The minimum Gasteiger partial charge on any atom is -0.333 e. The van der Waals surface area contributed by atoms with E-state index in [4.69, 9.17) is 11.5 Å². The van der Waals surface area contributed by atoms with Gasteiger partial charge in [-0.1, -0.05) is 30.3 Å². The zero-order chi connectivity index (χ0) is 14.3. The number of hydrogen-bond acceptors (Lipinski definition) is 3. The van der Waals surface area contributed by atoms with Gasteiger partial charge < -0.3 is 16.4 Å². The lowest BCUT2D eigenvalue weighted by Crippen LogP contribution is -2.44. The van der Waals surface area contributed by atoms with Crippen LogP contribution in [0, 0.1) is 6.92 Å². The molecule has 4 N–H and O–H groups in total. The number of hydrogen-bond donors (Lipinski definition) is 2. The van der Waals surface area contributed by atoms with E-state index < -0.39 is 6.04 Å². The van der Waals surface area contributed by atoms with Crippen LogP contribution in [0.5, 0.6) is 0 Å². The quantitative estimate of drug-likeness (QED) is 0.750. The predicted molar refractivity (Wildman–Crippen MR) is 92.9 cm³/mol. The summed E-state index contributed by atoms with van der Waals surface area (Å²) in [5.74, 6) is -0.0754. The minimum absolute atomic E-state index is 0. The summed E-state index contributed by atoms with van der Waals surface area (Å²) in [5, 5.41) is 0. The Hall–Kier alpha value is -1.07. The zero-order valence-electron chi connectivity index (χ0n) is 12.3. The fourth-order valence-corrected chi connectivity index (χ4v) is 1.92. The van der Waals surface area contributed by atoms with Crippen LogP contribution in [0.3, 0.4) is 0 Å². The number of halogens is 2. The summed E-state index contributed by atoms with van der Waals surface area (Å²) in [5.41, 5.74) is 13.6. The molecule has 1 amide bonds. The van der Waals surface area contributed by atoms with Crippen LogP contribution in [0.15, 0.2) is 36.9 Å². The Morgan fingerprint density at radius 3 is 2.52 bits per heavy atom. The van der Waals surface area contributed by atoms with E-state index in [1.165, 1.54) is 0 Å². The molecule has 0 saturated carbocycles. The monoisotopic (exact) mass is 333 g/mol. The first-order chi connectivity index (χ1) is 9.10. The van der Waals surface area contributed by atoms with Gasteiger partial charge in [-0.05, 0) is 31.0 Å². The van der Waals surface area contributed by atoms with Gasteiger partial charge in [0.05, 0.1) is 6.04 Å². The van der Waals surface area contributed by atoms with E-state index in [1.807, 2.05) is 31.2 Å². The Bertz CT molecular complexity index is 441. The highest BCUT2D eigenvalue weighted by molar-refractivity contribution is 5.85. The van der Waals surface area contributed by atoms with E-state index in [0.29, 0.717) is 26.1 Å². The van der Waals surface area contributed by atoms with Crippen molar-refractivity contribution in [3.63, 3.8) is 0 Å². The number of carbonyl (C=O) groups excluding carboxylic acids is 1. The molecule has 0 aromatic heterocycles. The van der Waals surface area contributed by atoms with Crippen LogP contribution in [0.25, 0.3) is 0 Å². The molecule has 120 valence electrons. The van der Waals surface area contributed by atoms with Gasteiger partial charge in [-0.2, -0.15) is 0 Å². The smallest absolute Gasteiger partial charge is 0.240 e. The average molecular weight is 334 g/mol. The van der Waals surface area contributed by atoms with E-state index in [2.05, 4.69) is 6.58 Å². The third-order valence-corrected chi connectivity index (χ3v) is 3.08. The van der Waals surface area contributed by atoms with E-state index >= 15 is 0 Å². The molecule has 0 aliphatic rings. The molecular formula is C15H25Cl2N3O. The standard InChI is InChI=1S/C15H23N3O.2ClH/c1-3-10-18(15(19)14(17)8-9-16)11-13-7-5-4-6-12(13)2;;/h3-7,14H,1,8-11,16-17H2,2H3;2*1H/t14-;;/m0../s1. The first-order valence-corrected chi connectivity index (χ1v) is 6.50. The van der Waals surface area contributed by atoms with Crippen molar-refractivity contribution in [2.45, 2.75) is 25.9 Å². The molecule has 0 saturated heterocycles. The second-order valence-electron chi connectivity index (χ2n) is 4.62. The second kappa shape index (κ2) is 11.6. The van der Waals surface area contributed by atoms with Gasteiger partial charge >= 0.3 is 0 Å². The highest BCUT2D eigenvalue weighted by atomic mass is 35.5. The molecule has 4 nitrogen and oxygen atoms in total. The molecule has 0 radical (unpaired) electrons. The molecule has 0 unspecified atom stereocenters. The van der Waals surface area contributed by atoms with Gasteiger partial charge in [0.1, 0.15) is 0 Å². The lowest BCUT2D eigenvalue weighted by atomic mass is 10.1. The fourth-order valence-electron chi connectivity index (χ4n) is 1.92. The van der Waals surface area contributed by atoms with Gasteiger partial charge in [-0.3, -0.25) is 4.79 Å². The number of aryl methyl sites for hydroxylation is 1. The molecule has 1 aromatic rings. The molecule has 1 rings (SSSR count). The van der Waals surface area contributed by atoms with Crippen molar-refractivity contribution in [3.8, 4) is 0 Å². The first kappa shape index (κ1) is 22.2. The minimum atomic E-state index is -0.533. The summed E-state index contributed by atoms with van der Waals surface area (Å²) >= 11 is 0. The first-order valence-electron chi connectivity index (χ1n) is 6.50. The fraction of sp³-hybridized carbons (Fsp3) is 0.400. The van der Waals surface area contributed by atoms with Crippen LogP contribution in [0.2, 0.25) is 0 Å². The maximum atomic E-state index is 12.2. The van der Waals surface area contributed by atoms with Crippen LogP contribution in [-0.2, 0) is 11.3 Å². The average Bonchev–Trinajstić information content (AvgIpc) is 2.40. The van der Waals surface area contributed by atoms with Crippen molar-refractivity contribution >= 4 is 30.7 Å². The van der Waals surface area contributed by atoms with Gasteiger partial charge in [-0.25, -0.2) is 0 Å². The van der Waals surface area contributed by atoms with Crippen molar-refractivity contribution < 1.29 is 4.79 Å². The maximum Gasteiger partial charge on any atom is 0.240 e. The zero-order valence-corrected chi connectivity index (χ0v) is 14.0. The van der Waals surface area contributed by atoms with Gasteiger partial charge in [0.15, 0.2) is 0 Å². The molecule has 21 heavy (non-hydrogen) atoms. The van der Waals surface area contributed by atoms with Crippen LogP contribution >= 0.6 is 24.8 Å². The highest BCUT2D eigenvalue weighted by Gasteiger charge is 2.20. The Balaban J connectivity index is 0. The predicted octanol–water partition coefficient (Wildman–Crippen LogP) is 2.03. The van der Waals surface area contributed by atoms with E-state index in [0.717, 1.165) is 11.1 Å². The largest absolute Gasteiger partial charge is 0.333 e. The number of carbonyl (C=O) groups is 1. The van der Waals surface area contributed by atoms with Crippen molar-refractivity contribution in [1.29, 1.82) is 0 Å². The Kier molecular flexibility index (Phi) is 12.2. The summed E-state index contributed by atoms with van der Waals surface area (Å²) in [4.78, 5) is 14.0. The molecule has 0 fully saturated rings. The van der Waals surface area contributed by atoms with Gasteiger partial charge in [-0.15, -0.1) is 31.4 Å². The van der Waals surface area contributed by atoms with Crippen LogP contribution in [0.1, 0.15) is 17.5 Å². The van der Waals surface area contributed by atoms with Crippen LogP contribution < -0.4 is 11.5 Å². The van der Waals surface area contributed by atoms with E-state index in [9.17, 15) is 4.79 Å². The van der Waals surface area contributed by atoms with Gasteiger partial charge in [0.25, 0.3) is 0 Å². The van der Waals surface area contributed by atoms with Crippen LogP contribution in [0.4, 0.5) is 0 Å². The lowest BCUT2D eigenvalue weighted by Gasteiger charge is -2.25. The Morgan fingerprint density at radius 2 is 2.00 bits per heavy atom. The molecule has 0 bridgehead atoms. The third kappa shape index (κ3) is 6.96. The summed E-state index contributed by atoms with van der Waals surface area (Å²) < 4.78 is 0. The molecule has 6 heteroatoms. The lowest BCUT2D eigenvalue weighted by molar-refractivity contribution is -0.132. The van der Waals surface area contributed by atoms with E-state index in [1.54, 1.807) is 11.0 Å². The molecular weight excluding hydrogens is 309 g/mol. The molecule has 0 aliphatic carbocycles. The van der Waals surface area contributed by atoms with Crippen LogP contribution in [-0.4, -0.2) is 29.9 Å². The maximum absolute atomic E-state index is 12.2. The summed E-state index contributed by atoms with van der Waals surface area (Å²) in [6.45, 7) is 7.19. The summed E-state index contributed by atoms with van der Waals surface area (Å²) in [7, 11) is 0. The van der Waals surface area contributed by atoms with Crippen molar-refractivity contribution in [2.24, 2.45) is 11.5 Å². The Morgan fingerprint density at radius 1 is 1.38 bits per heavy atom. The van der Waals surface area contributed by atoms with Gasteiger partial charge in [0, 0.05) is 13.1 Å². The highest BCUT2D eigenvalue weighted by Crippen LogP contribution is 2.11. The third-order valence-electron chi connectivity index (χ3n) is 3.08. The van der Waals surface area contributed by atoms with Crippen molar-refractivity contribution in [3.05, 3.63) is 48.0 Å². The normalized spacial score (nSPS) is 10.8. The molecule has 0 aliphatic heterocycles. The number of benzene rings is 1. The molecule has 1 atom stereocenters. The topological polar surface area (TPSA) is 72.3 Å². The number of amides is 1. The van der Waals surface area contributed by atoms with E-state index in [-0.39, 0.29) is 30.7 Å². The Labute approximate surface area is 139 Å². The molecule has 0 spiro atoms. The number of nitrogens with zero attached hydrogens (tertiary/aromatic N) is 1.